The maximum atomic E-state index is 11.7. The number of hydrogen-bond acceptors (Lipinski definition) is 4. The van der Waals surface area contributed by atoms with Gasteiger partial charge in [0, 0.05) is 32.9 Å². The summed E-state index contributed by atoms with van der Waals surface area (Å²) < 4.78 is 10.4. The predicted octanol–water partition coefficient (Wildman–Crippen LogP) is 0.685. The number of nitrogens with one attached hydrogen (secondary N) is 2. The van der Waals surface area contributed by atoms with Crippen molar-refractivity contribution in [2.24, 2.45) is 0 Å². The first-order valence-electron chi connectivity index (χ1n) is 6.81. The Morgan fingerprint density at radius 2 is 2.17 bits per heavy atom. The van der Waals surface area contributed by atoms with E-state index in [9.17, 15) is 4.79 Å². The summed E-state index contributed by atoms with van der Waals surface area (Å²) in [5.74, 6) is 0.0611. The highest BCUT2D eigenvalue weighted by molar-refractivity contribution is 5.81. The van der Waals surface area contributed by atoms with Crippen molar-refractivity contribution in [3.8, 4) is 0 Å². The Hall–Kier alpha value is -0.650. The largest absolute Gasteiger partial charge is 0.385 e. The van der Waals surface area contributed by atoms with E-state index in [1.165, 1.54) is 0 Å². The van der Waals surface area contributed by atoms with Gasteiger partial charge in [-0.1, -0.05) is 0 Å². The molecule has 1 aliphatic carbocycles. The highest BCUT2D eigenvalue weighted by Gasteiger charge is 2.31. The molecule has 0 saturated heterocycles. The Balaban J connectivity index is 2.06. The minimum absolute atomic E-state index is 0.0611. The van der Waals surface area contributed by atoms with Gasteiger partial charge in [0.2, 0.25) is 5.91 Å². The van der Waals surface area contributed by atoms with Gasteiger partial charge in [0.25, 0.3) is 0 Å². The Kier molecular flexibility index (Phi) is 7.23. The summed E-state index contributed by atoms with van der Waals surface area (Å²) in [6.07, 6.45) is 3.25. The molecule has 1 fully saturated rings. The topological polar surface area (TPSA) is 59.6 Å². The number of carbonyl (C=O) groups excluding carboxylic acids is 1. The average Bonchev–Trinajstić information content (AvgIpc) is 2.31. The van der Waals surface area contributed by atoms with Crippen LogP contribution in [0.25, 0.3) is 0 Å². The fraction of sp³-hybridized carbons (Fsp3) is 0.923. The molecule has 1 amide bonds. The zero-order valence-corrected chi connectivity index (χ0v) is 11.7. The molecule has 0 aliphatic heterocycles. The summed E-state index contributed by atoms with van der Waals surface area (Å²) >= 11 is 0. The van der Waals surface area contributed by atoms with Crippen LogP contribution in [-0.2, 0) is 14.3 Å². The third-order valence-electron chi connectivity index (χ3n) is 3.20. The van der Waals surface area contributed by atoms with Crippen LogP contribution < -0.4 is 10.6 Å². The van der Waals surface area contributed by atoms with Crippen LogP contribution in [-0.4, -0.2) is 51.0 Å². The third kappa shape index (κ3) is 5.33. The molecule has 1 aliphatic rings. The van der Waals surface area contributed by atoms with Gasteiger partial charge >= 0.3 is 0 Å². The number of ether oxygens (including phenoxy) is 2. The molecule has 0 spiro atoms. The van der Waals surface area contributed by atoms with Gasteiger partial charge in [0.15, 0.2) is 0 Å². The molecule has 1 unspecified atom stereocenters. The van der Waals surface area contributed by atoms with Gasteiger partial charge in [0.05, 0.1) is 12.1 Å². The van der Waals surface area contributed by atoms with Crippen molar-refractivity contribution in [3.05, 3.63) is 0 Å². The second kappa shape index (κ2) is 8.45. The van der Waals surface area contributed by atoms with Gasteiger partial charge in [-0.25, -0.2) is 0 Å². The molecular weight excluding hydrogens is 232 g/mol. The second-order valence-corrected chi connectivity index (χ2v) is 4.77. The Bertz CT molecular complexity index is 242. The predicted molar refractivity (Wildman–Crippen MR) is 70.5 cm³/mol. The highest BCUT2D eigenvalue weighted by Crippen LogP contribution is 2.23. The number of methoxy groups -OCH3 is 1. The third-order valence-corrected chi connectivity index (χ3v) is 3.20. The van der Waals surface area contributed by atoms with Crippen LogP contribution in [0.1, 0.15) is 33.1 Å². The quantitative estimate of drug-likeness (QED) is 0.597. The lowest BCUT2D eigenvalue weighted by atomic mass is 9.88. The molecule has 2 N–H and O–H groups in total. The average molecular weight is 258 g/mol. The van der Waals surface area contributed by atoms with Crippen LogP contribution in [0.15, 0.2) is 0 Å². The summed E-state index contributed by atoms with van der Waals surface area (Å²) in [5.41, 5.74) is 0. The lowest BCUT2D eigenvalue weighted by molar-refractivity contribution is -0.123. The molecule has 0 radical (unpaired) electrons. The zero-order valence-electron chi connectivity index (χ0n) is 11.7. The second-order valence-electron chi connectivity index (χ2n) is 4.77. The minimum Gasteiger partial charge on any atom is -0.385 e. The summed E-state index contributed by atoms with van der Waals surface area (Å²) in [6.45, 7) is 6.04. The van der Waals surface area contributed by atoms with E-state index >= 15 is 0 Å². The molecule has 0 aromatic carbocycles. The van der Waals surface area contributed by atoms with E-state index in [4.69, 9.17) is 9.47 Å². The van der Waals surface area contributed by atoms with Crippen molar-refractivity contribution < 1.29 is 14.3 Å². The summed E-state index contributed by atoms with van der Waals surface area (Å²) in [5, 5.41) is 6.22. The van der Waals surface area contributed by atoms with Gasteiger partial charge in [-0.3, -0.25) is 4.79 Å². The highest BCUT2D eigenvalue weighted by atomic mass is 16.5. The number of rotatable bonds is 9. The van der Waals surface area contributed by atoms with Crippen molar-refractivity contribution in [1.82, 2.24) is 10.6 Å². The standard InChI is InChI=1S/C13H26N2O3/c1-4-18-12-8-11(9-12)15-10(2)13(16)14-6-5-7-17-3/h10-12,15H,4-9H2,1-3H3,(H,14,16). The molecule has 0 heterocycles. The minimum atomic E-state index is -0.139. The van der Waals surface area contributed by atoms with Crippen LogP contribution in [0.4, 0.5) is 0 Å². The van der Waals surface area contributed by atoms with Gasteiger partial charge < -0.3 is 20.1 Å². The van der Waals surface area contributed by atoms with Gasteiger partial charge in [-0.2, -0.15) is 0 Å². The molecule has 5 heteroatoms. The smallest absolute Gasteiger partial charge is 0.236 e. The Morgan fingerprint density at radius 1 is 1.44 bits per heavy atom. The van der Waals surface area contributed by atoms with E-state index in [-0.39, 0.29) is 11.9 Å². The molecule has 18 heavy (non-hydrogen) atoms. The maximum absolute atomic E-state index is 11.7. The maximum Gasteiger partial charge on any atom is 0.236 e. The van der Waals surface area contributed by atoms with Gasteiger partial charge in [-0.15, -0.1) is 0 Å². The summed E-state index contributed by atoms with van der Waals surface area (Å²) in [7, 11) is 1.66. The van der Waals surface area contributed by atoms with E-state index in [1.807, 2.05) is 13.8 Å². The fourth-order valence-electron chi connectivity index (χ4n) is 2.08. The lowest BCUT2D eigenvalue weighted by Crippen LogP contribution is -2.53. The van der Waals surface area contributed by atoms with E-state index in [0.717, 1.165) is 25.9 Å². The van der Waals surface area contributed by atoms with Gasteiger partial charge in [0.1, 0.15) is 0 Å². The van der Waals surface area contributed by atoms with E-state index in [0.29, 0.717) is 25.3 Å². The first-order valence-corrected chi connectivity index (χ1v) is 6.81. The Morgan fingerprint density at radius 3 is 2.78 bits per heavy atom. The van der Waals surface area contributed by atoms with E-state index in [2.05, 4.69) is 10.6 Å². The first-order chi connectivity index (χ1) is 8.67. The number of carbonyl (C=O) groups is 1. The normalized spacial score (nSPS) is 24.4. The SMILES string of the molecule is CCOC1CC(NC(C)C(=O)NCCCOC)C1. The van der Waals surface area contributed by atoms with Crippen LogP contribution in [0, 0.1) is 0 Å². The Labute approximate surface area is 110 Å². The van der Waals surface area contributed by atoms with Crippen molar-refractivity contribution in [3.63, 3.8) is 0 Å². The molecule has 0 bridgehead atoms. The zero-order chi connectivity index (χ0) is 13.4. The van der Waals surface area contributed by atoms with Crippen molar-refractivity contribution in [1.29, 1.82) is 0 Å². The van der Waals surface area contributed by atoms with Crippen LogP contribution in [0.3, 0.4) is 0 Å². The van der Waals surface area contributed by atoms with Crippen molar-refractivity contribution in [2.45, 2.75) is 51.3 Å². The van der Waals surface area contributed by atoms with Crippen molar-refractivity contribution in [2.75, 3.05) is 26.9 Å². The molecule has 1 atom stereocenters. The lowest BCUT2D eigenvalue weighted by Gasteiger charge is -2.37. The molecule has 1 saturated carbocycles. The summed E-state index contributed by atoms with van der Waals surface area (Å²) in [4.78, 5) is 11.7. The van der Waals surface area contributed by atoms with Gasteiger partial charge in [-0.05, 0) is 33.1 Å². The van der Waals surface area contributed by atoms with Crippen molar-refractivity contribution >= 4 is 5.91 Å². The van der Waals surface area contributed by atoms with Crippen LogP contribution >= 0.6 is 0 Å². The molecule has 0 aromatic rings. The van der Waals surface area contributed by atoms with Crippen LogP contribution in [0.2, 0.25) is 0 Å². The molecule has 1 rings (SSSR count). The number of amides is 1. The summed E-state index contributed by atoms with van der Waals surface area (Å²) in [6, 6.07) is 0.279. The molecular formula is C13H26N2O3. The fourth-order valence-corrected chi connectivity index (χ4v) is 2.08. The van der Waals surface area contributed by atoms with Crippen LogP contribution in [0.5, 0.6) is 0 Å². The molecule has 5 nitrogen and oxygen atoms in total. The monoisotopic (exact) mass is 258 g/mol. The first kappa shape index (κ1) is 15.4. The van der Waals surface area contributed by atoms with E-state index < -0.39 is 0 Å². The van der Waals surface area contributed by atoms with E-state index in [1.54, 1.807) is 7.11 Å². The number of hydrogen-bond donors (Lipinski definition) is 2. The molecule has 106 valence electrons. The molecule has 0 aromatic heterocycles.